The van der Waals surface area contributed by atoms with Crippen molar-refractivity contribution in [2.45, 2.75) is 4.90 Å². The molecule has 0 bridgehead atoms. The highest BCUT2D eigenvalue weighted by Gasteiger charge is 2.21. The summed E-state index contributed by atoms with van der Waals surface area (Å²) in [6.07, 6.45) is 0. The maximum Gasteiger partial charge on any atom is 0.261 e. The van der Waals surface area contributed by atoms with Crippen molar-refractivity contribution in [3.05, 3.63) is 60.7 Å². The molecule has 0 aliphatic carbocycles. The maximum atomic E-state index is 13.1. The number of benzene rings is 3. The predicted octanol–water partition coefficient (Wildman–Crippen LogP) is 3.48. The van der Waals surface area contributed by atoms with E-state index >= 15 is 0 Å². The molecule has 1 aliphatic rings. The zero-order chi connectivity index (χ0) is 19.6. The summed E-state index contributed by atoms with van der Waals surface area (Å²) in [5.74, 6) is 0.672. The van der Waals surface area contributed by atoms with Crippen LogP contribution in [-0.4, -0.2) is 41.7 Å². The van der Waals surface area contributed by atoms with Crippen molar-refractivity contribution < 1.29 is 13.2 Å². The summed E-state index contributed by atoms with van der Waals surface area (Å²) in [6, 6.07) is 18.3. The summed E-state index contributed by atoms with van der Waals surface area (Å²) in [6.45, 7) is 3.32. The summed E-state index contributed by atoms with van der Waals surface area (Å²) in [5.41, 5.74) is 1.36. The molecule has 3 aromatic rings. The second-order valence-electron chi connectivity index (χ2n) is 6.70. The molecule has 0 radical (unpaired) electrons. The van der Waals surface area contributed by atoms with E-state index in [0.29, 0.717) is 11.4 Å². The Labute approximate surface area is 177 Å². The minimum atomic E-state index is -3.74. The second-order valence-corrected chi connectivity index (χ2v) is 8.39. The SMILES string of the molecule is COc1ccc(S(=O)(=O)Nc2cccc3ccccc23)cc1N1CCNCC1.Cl. The first kappa shape index (κ1) is 21.2. The average molecular weight is 434 g/mol. The molecular weight excluding hydrogens is 410 g/mol. The van der Waals surface area contributed by atoms with Gasteiger partial charge in [-0.25, -0.2) is 8.42 Å². The normalized spacial score (nSPS) is 14.3. The quantitative estimate of drug-likeness (QED) is 0.644. The van der Waals surface area contributed by atoms with Crippen LogP contribution in [0.5, 0.6) is 5.75 Å². The molecule has 1 aliphatic heterocycles. The number of piperazine rings is 1. The van der Waals surface area contributed by atoms with Crippen LogP contribution in [0.15, 0.2) is 65.6 Å². The molecule has 6 nitrogen and oxygen atoms in total. The van der Waals surface area contributed by atoms with Gasteiger partial charge in [-0.15, -0.1) is 12.4 Å². The first-order chi connectivity index (χ1) is 13.6. The van der Waals surface area contributed by atoms with Crippen LogP contribution in [0.3, 0.4) is 0 Å². The summed E-state index contributed by atoms with van der Waals surface area (Å²) in [7, 11) is -2.14. The number of hydrogen-bond donors (Lipinski definition) is 2. The third-order valence-electron chi connectivity index (χ3n) is 4.95. The predicted molar refractivity (Wildman–Crippen MR) is 120 cm³/mol. The topological polar surface area (TPSA) is 70.7 Å². The number of sulfonamides is 1. The highest BCUT2D eigenvalue weighted by Crippen LogP contribution is 2.32. The van der Waals surface area contributed by atoms with Crippen molar-refractivity contribution in [3.8, 4) is 5.75 Å². The van der Waals surface area contributed by atoms with Gasteiger partial charge in [-0.2, -0.15) is 0 Å². The number of anilines is 2. The Kier molecular flexibility index (Phi) is 6.52. The monoisotopic (exact) mass is 433 g/mol. The van der Waals surface area contributed by atoms with E-state index in [2.05, 4.69) is 14.9 Å². The Morgan fingerprint density at radius 1 is 1.00 bits per heavy atom. The summed E-state index contributed by atoms with van der Waals surface area (Å²) in [4.78, 5) is 2.36. The van der Waals surface area contributed by atoms with Gasteiger partial charge in [0.25, 0.3) is 10.0 Å². The molecule has 2 N–H and O–H groups in total. The van der Waals surface area contributed by atoms with Crippen molar-refractivity contribution in [2.24, 2.45) is 0 Å². The Balaban J connectivity index is 0.00000240. The molecule has 4 rings (SSSR count). The molecule has 3 aromatic carbocycles. The van der Waals surface area contributed by atoms with Gasteiger partial charge in [-0.3, -0.25) is 4.72 Å². The molecule has 0 atom stereocenters. The highest BCUT2D eigenvalue weighted by molar-refractivity contribution is 7.92. The van der Waals surface area contributed by atoms with Gasteiger partial charge in [0.05, 0.1) is 23.4 Å². The summed E-state index contributed by atoms with van der Waals surface area (Å²) < 4.78 is 34.4. The molecule has 1 fully saturated rings. The Morgan fingerprint density at radius 2 is 1.72 bits per heavy atom. The third kappa shape index (κ3) is 4.42. The number of fused-ring (bicyclic) bond motifs is 1. The number of nitrogens with zero attached hydrogens (tertiary/aromatic N) is 1. The zero-order valence-corrected chi connectivity index (χ0v) is 17.7. The molecule has 0 spiro atoms. The molecule has 0 amide bonds. The molecule has 154 valence electrons. The molecule has 1 saturated heterocycles. The molecular formula is C21H24ClN3O3S. The average Bonchev–Trinajstić information content (AvgIpc) is 2.74. The van der Waals surface area contributed by atoms with Gasteiger partial charge >= 0.3 is 0 Å². The Hall–Kier alpha value is -2.48. The van der Waals surface area contributed by atoms with Crippen molar-refractivity contribution in [3.63, 3.8) is 0 Å². The molecule has 29 heavy (non-hydrogen) atoms. The van der Waals surface area contributed by atoms with Crippen LogP contribution in [0.25, 0.3) is 10.8 Å². The number of nitrogens with one attached hydrogen (secondary N) is 2. The van der Waals surface area contributed by atoms with E-state index in [9.17, 15) is 8.42 Å². The van der Waals surface area contributed by atoms with Crippen molar-refractivity contribution in [1.29, 1.82) is 0 Å². The minimum absolute atomic E-state index is 0. The molecule has 1 heterocycles. The third-order valence-corrected chi connectivity index (χ3v) is 6.32. The number of hydrogen-bond acceptors (Lipinski definition) is 5. The van der Waals surface area contributed by atoms with Gasteiger partial charge in [0.1, 0.15) is 5.75 Å². The zero-order valence-electron chi connectivity index (χ0n) is 16.1. The van der Waals surface area contributed by atoms with Crippen LogP contribution < -0.4 is 19.7 Å². The highest BCUT2D eigenvalue weighted by atomic mass is 35.5. The van der Waals surface area contributed by atoms with E-state index in [0.717, 1.165) is 42.6 Å². The fraction of sp³-hybridized carbons (Fsp3) is 0.238. The fourth-order valence-corrected chi connectivity index (χ4v) is 4.61. The number of halogens is 1. The molecule has 0 unspecified atom stereocenters. The Bertz CT molecular complexity index is 1090. The smallest absolute Gasteiger partial charge is 0.261 e. The van der Waals surface area contributed by atoms with Crippen LogP contribution >= 0.6 is 12.4 Å². The number of methoxy groups -OCH3 is 1. The van der Waals surface area contributed by atoms with Crippen LogP contribution in [0.1, 0.15) is 0 Å². The second kappa shape index (κ2) is 8.90. The lowest BCUT2D eigenvalue weighted by molar-refractivity contribution is 0.412. The Morgan fingerprint density at radius 3 is 2.48 bits per heavy atom. The first-order valence-electron chi connectivity index (χ1n) is 9.23. The number of rotatable bonds is 5. The molecule has 0 aromatic heterocycles. The van der Waals surface area contributed by atoms with E-state index in [1.165, 1.54) is 0 Å². The van der Waals surface area contributed by atoms with E-state index in [1.807, 2.05) is 36.4 Å². The summed E-state index contributed by atoms with van der Waals surface area (Å²) >= 11 is 0. The van der Waals surface area contributed by atoms with Crippen molar-refractivity contribution in [1.82, 2.24) is 5.32 Å². The maximum absolute atomic E-state index is 13.1. The molecule has 8 heteroatoms. The van der Waals surface area contributed by atoms with Crippen molar-refractivity contribution >= 4 is 44.6 Å². The van der Waals surface area contributed by atoms with E-state index < -0.39 is 10.0 Å². The van der Waals surface area contributed by atoms with E-state index in [-0.39, 0.29) is 17.3 Å². The molecule has 0 saturated carbocycles. The lowest BCUT2D eigenvalue weighted by atomic mass is 10.1. The van der Waals surface area contributed by atoms with Crippen LogP contribution in [-0.2, 0) is 10.0 Å². The van der Waals surface area contributed by atoms with Gasteiger partial charge in [-0.1, -0.05) is 36.4 Å². The van der Waals surface area contributed by atoms with Gasteiger partial charge in [-0.05, 0) is 29.7 Å². The summed E-state index contributed by atoms with van der Waals surface area (Å²) in [5, 5.41) is 5.15. The van der Waals surface area contributed by atoms with Gasteiger partial charge in [0.15, 0.2) is 0 Å². The standard InChI is InChI=1S/C21H23N3O3S.ClH/c1-27-21-10-9-17(15-20(21)24-13-11-22-12-14-24)28(25,26)23-19-8-4-6-16-5-2-3-7-18(16)19;/h2-10,15,22-23H,11-14H2,1H3;1H. The minimum Gasteiger partial charge on any atom is -0.495 e. The van der Waals surface area contributed by atoms with Crippen LogP contribution in [0.2, 0.25) is 0 Å². The van der Waals surface area contributed by atoms with Crippen LogP contribution in [0, 0.1) is 0 Å². The van der Waals surface area contributed by atoms with Gasteiger partial charge in [0, 0.05) is 31.6 Å². The number of ether oxygens (including phenoxy) is 1. The van der Waals surface area contributed by atoms with E-state index in [4.69, 9.17) is 4.74 Å². The fourth-order valence-electron chi connectivity index (χ4n) is 3.51. The largest absolute Gasteiger partial charge is 0.495 e. The van der Waals surface area contributed by atoms with Crippen molar-refractivity contribution in [2.75, 3.05) is 42.9 Å². The van der Waals surface area contributed by atoms with E-state index in [1.54, 1.807) is 31.4 Å². The van der Waals surface area contributed by atoms with Gasteiger partial charge < -0.3 is 15.0 Å². The lowest BCUT2D eigenvalue weighted by Gasteiger charge is -2.30. The van der Waals surface area contributed by atoms with Crippen LogP contribution in [0.4, 0.5) is 11.4 Å². The first-order valence-corrected chi connectivity index (χ1v) is 10.7. The van der Waals surface area contributed by atoms with Gasteiger partial charge in [0.2, 0.25) is 0 Å². The lowest BCUT2D eigenvalue weighted by Crippen LogP contribution is -2.43.